The molecular weight excluding hydrogens is 242 g/mol. The van der Waals surface area contributed by atoms with Crippen molar-refractivity contribution in [2.45, 2.75) is 39.0 Å². The number of rotatable bonds is 5. The van der Waals surface area contributed by atoms with E-state index < -0.39 is 0 Å². The van der Waals surface area contributed by atoms with Gasteiger partial charge in [-0.25, -0.2) is 0 Å². The van der Waals surface area contributed by atoms with Crippen molar-refractivity contribution in [3.63, 3.8) is 0 Å². The topological polar surface area (TPSA) is 29.1 Å². The maximum absolute atomic E-state index is 12.0. The predicted octanol–water partition coefficient (Wildman–Crippen LogP) is 3.85. The minimum Gasteiger partial charge on any atom is -0.326 e. The summed E-state index contributed by atoms with van der Waals surface area (Å²) in [5.41, 5.74) is 2.34. The average molecular weight is 263 g/mol. The van der Waals surface area contributed by atoms with Crippen LogP contribution in [-0.4, -0.2) is 11.7 Å². The zero-order valence-corrected chi connectivity index (χ0v) is 12.0. The van der Waals surface area contributed by atoms with Gasteiger partial charge in [0.25, 0.3) is 0 Å². The van der Waals surface area contributed by atoms with Crippen molar-refractivity contribution < 1.29 is 4.79 Å². The highest BCUT2D eigenvalue weighted by molar-refractivity contribution is 7.80. The summed E-state index contributed by atoms with van der Waals surface area (Å²) in [7, 11) is 0. The molecule has 3 heteroatoms. The molecule has 1 aromatic rings. The van der Waals surface area contributed by atoms with Crippen molar-refractivity contribution in [2.75, 3.05) is 11.1 Å². The van der Waals surface area contributed by atoms with E-state index in [1.54, 1.807) is 0 Å². The minimum absolute atomic E-state index is 0.113. The lowest BCUT2D eigenvalue weighted by molar-refractivity contribution is -0.117. The smallest absolute Gasteiger partial charge is 0.224 e. The van der Waals surface area contributed by atoms with E-state index in [4.69, 9.17) is 0 Å². The van der Waals surface area contributed by atoms with Crippen LogP contribution >= 0.6 is 12.6 Å². The maximum atomic E-state index is 12.0. The highest BCUT2D eigenvalue weighted by Crippen LogP contribution is 2.49. The minimum atomic E-state index is 0.113. The number of benzene rings is 1. The molecule has 0 unspecified atom stereocenters. The third-order valence-corrected chi connectivity index (χ3v) is 4.34. The number of carbonyl (C=O) groups excluding carboxylic acids is 1. The fourth-order valence-electron chi connectivity index (χ4n) is 2.09. The number of amides is 1. The van der Waals surface area contributed by atoms with Gasteiger partial charge in [0.05, 0.1) is 0 Å². The molecule has 2 rings (SSSR count). The zero-order chi connectivity index (χ0) is 13.2. The van der Waals surface area contributed by atoms with E-state index in [2.05, 4.69) is 43.9 Å². The summed E-state index contributed by atoms with van der Waals surface area (Å²) in [5, 5.41) is 2.99. The van der Waals surface area contributed by atoms with Crippen LogP contribution in [0, 0.1) is 5.41 Å². The summed E-state index contributed by atoms with van der Waals surface area (Å²) >= 11 is 4.33. The van der Waals surface area contributed by atoms with E-state index in [-0.39, 0.29) is 11.3 Å². The summed E-state index contributed by atoms with van der Waals surface area (Å²) in [4.78, 5) is 12.0. The Hall–Kier alpha value is -0.960. The van der Waals surface area contributed by atoms with Gasteiger partial charge in [-0.3, -0.25) is 4.79 Å². The van der Waals surface area contributed by atoms with Crippen LogP contribution in [0.15, 0.2) is 24.3 Å². The Morgan fingerprint density at radius 1 is 1.44 bits per heavy atom. The van der Waals surface area contributed by atoms with Gasteiger partial charge in [-0.05, 0) is 47.6 Å². The fourth-order valence-corrected chi connectivity index (χ4v) is 2.52. The highest BCUT2D eigenvalue weighted by atomic mass is 32.1. The van der Waals surface area contributed by atoms with Crippen LogP contribution in [-0.2, 0) is 4.79 Å². The van der Waals surface area contributed by atoms with Gasteiger partial charge in [0.1, 0.15) is 0 Å². The van der Waals surface area contributed by atoms with Gasteiger partial charge >= 0.3 is 0 Å². The van der Waals surface area contributed by atoms with Crippen LogP contribution in [0.4, 0.5) is 5.69 Å². The van der Waals surface area contributed by atoms with Crippen molar-refractivity contribution in [3.8, 4) is 0 Å². The summed E-state index contributed by atoms with van der Waals surface area (Å²) in [6, 6.07) is 8.10. The van der Waals surface area contributed by atoms with Gasteiger partial charge in [-0.2, -0.15) is 12.6 Å². The van der Waals surface area contributed by atoms with Crippen LogP contribution in [0.2, 0.25) is 0 Å². The molecular formula is C15H21NOS. The third kappa shape index (κ3) is 3.29. The zero-order valence-electron chi connectivity index (χ0n) is 11.1. The van der Waals surface area contributed by atoms with E-state index in [1.165, 1.54) is 5.56 Å². The molecule has 98 valence electrons. The fraction of sp³-hybridized carbons (Fsp3) is 0.533. The molecule has 0 spiro atoms. The Labute approximate surface area is 115 Å². The van der Waals surface area contributed by atoms with Gasteiger partial charge < -0.3 is 5.32 Å². The quantitative estimate of drug-likeness (QED) is 0.776. The second-order valence-electron chi connectivity index (χ2n) is 5.66. The molecule has 0 aromatic heterocycles. The van der Waals surface area contributed by atoms with E-state index in [1.807, 2.05) is 12.1 Å². The molecule has 1 fully saturated rings. The molecule has 18 heavy (non-hydrogen) atoms. The molecule has 1 aliphatic rings. The summed E-state index contributed by atoms with van der Waals surface area (Å²) in [6.45, 7) is 4.31. The van der Waals surface area contributed by atoms with E-state index >= 15 is 0 Å². The molecule has 1 aromatic carbocycles. The van der Waals surface area contributed by atoms with Crippen molar-refractivity contribution in [3.05, 3.63) is 29.8 Å². The lowest BCUT2D eigenvalue weighted by atomic mass is 10.0. The third-order valence-electron chi connectivity index (χ3n) is 3.67. The molecule has 0 bridgehead atoms. The number of hydrogen-bond acceptors (Lipinski definition) is 2. The number of anilines is 1. The highest BCUT2D eigenvalue weighted by Gasteiger charge is 2.42. The van der Waals surface area contributed by atoms with Crippen LogP contribution in [0.5, 0.6) is 0 Å². The molecule has 1 amide bonds. The largest absolute Gasteiger partial charge is 0.326 e. The monoisotopic (exact) mass is 263 g/mol. The lowest BCUT2D eigenvalue weighted by Gasteiger charge is -2.13. The lowest BCUT2D eigenvalue weighted by Crippen LogP contribution is -2.18. The number of hydrogen-bond donors (Lipinski definition) is 2. The molecule has 0 aliphatic heterocycles. The van der Waals surface area contributed by atoms with Crippen LogP contribution in [0.25, 0.3) is 0 Å². The average Bonchev–Trinajstić information content (AvgIpc) is 3.09. The van der Waals surface area contributed by atoms with Crippen LogP contribution in [0.3, 0.4) is 0 Å². The van der Waals surface area contributed by atoms with Crippen molar-refractivity contribution in [1.29, 1.82) is 0 Å². The molecule has 0 radical (unpaired) electrons. The Kier molecular flexibility index (Phi) is 4.00. The van der Waals surface area contributed by atoms with Gasteiger partial charge in [-0.15, -0.1) is 0 Å². The van der Waals surface area contributed by atoms with Crippen LogP contribution in [0.1, 0.15) is 44.6 Å². The van der Waals surface area contributed by atoms with Gasteiger partial charge in [0.2, 0.25) is 5.91 Å². The standard InChI is InChI=1S/C15H21NOS/c1-11(2)12-4-3-5-13(8-12)16-14(17)9-15(10-18)6-7-15/h3-5,8,11,18H,6-7,9-10H2,1-2H3,(H,16,17). The molecule has 2 nitrogen and oxygen atoms in total. The first-order chi connectivity index (χ1) is 8.54. The van der Waals surface area contributed by atoms with Crippen LogP contribution < -0.4 is 5.32 Å². The molecule has 0 heterocycles. The normalized spacial score (nSPS) is 16.7. The van der Waals surface area contributed by atoms with Gasteiger partial charge in [0.15, 0.2) is 0 Å². The summed E-state index contributed by atoms with van der Waals surface area (Å²) in [6.07, 6.45) is 2.87. The molecule has 1 aliphatic carbocycles. The number of nitrogens with one attached hydrogen (secondary N) is 1. The maximum Gasteiger partial charge on any atom is 0.224 e. The first-order valence-electron chi connectivity index (χ1n) is 6.55. The van der Waals surface area contributed by atoms with E-state index in [0.717, 1.165) is 24.3 Å². The van der Waals surface area contributed by atoms with E-state index in [0.29, 0.717) is 12.3 Å². The number of carbonyl (C=O) groups is 1. The number of thiol groups is 1. The molecule has 1 N–H and O–H groups in total. The Morgan fingerprint density at radius 3 is 2.72 bits per heavy atom. The van der Waals surface area contributed by atoms with Crippen molar-refractivity contribution in [1.82, 2.24) is 0 Å². The van der Waals surface area contributed by atoms with Gasteiger partial charge in [0, 0.05) is 12.1 Å². The second-order valence-corrected chi connectivity index (χ2v) is 5.98. The summed E-state index contributed by atoms with van der Waals surface area (Å²) in [5.74, 6) is 1.41. The van der Waals surface area contributed by atoms with E-state index in [9.17, 15) is 4.79 Å². The SMILES string of the molecule is CC(C)c1cccc(NC(=O)CC2(CS)CC2)c1. The second kappa shape index (κ2) is 5.35. The molecule has 0 saturated heterocycles. The van der Waals surface area contributed by atoms with Crippen molar-refractivity contribution in [2.24, 2.45) is 5.41 Å². The molecule has 0 atom stereocenters. The Balaban J connectivity index is 1.96. The Bertz CT molecular complexity index is 438. The first kappa shape index (κ1) is 13.5. The Morgan fingerprint density at radius 2 is 2.17 bits per heavy atom. The first-order valence-corrected chi connectivity index (χ1v) is 7.19. The summed E-state index contributed by atoms with van der Waals surface area (Å²) < 4.78 is 0. The molecule has 1 saturated carbocycles. The van der Waals surface area contributed by atoms with Gasteiger partial charge in [-0.1, -0.05) is 26.0 Å². The van der Waals surface area contributed by atoms with Crippen molar-refractivity contribution >= 4 is 24.2 Å². The predicted molar refractivity (Wildman–Crippen MR) is 79.3 cm³/mol.